The number of imide groups is 1. The highest BCUT2D eigenvalue weighted by molar-refractivity contribution is 6.04. The van der Waals surface area contributed by atoms with Gasteiger partial charge in [-0.2, -0.15) is 0 Å². The average molecular weight is 237 g/mol. The molecule has 1 atom stereocenters. The average Bonchev–Trinajstić information content (AvgIpc) is 2.87. The highest BCUT2D eigenvalue weighted by Crippen LogP contribution is 2.18. The van der Waals surface area contributed by atoms with Crippen molar-refractivity contribution in [2.24, 2.45) is 0 Å². The second-order valence-electron chi connectivity index (χ2n) is 3.79. The van der Waals surface area contributed by atoms with Crippen LogP contribution in [0.25, 0.3) is 0 Å². The molecule has 2 heterocycles. The van der Waals surface area contributed by atoms with Gasteiger partial charge in [0.2, 0.25) is 11.8 Å². The van der Waals surface area contributed by atoms with Gasteiger partial charge in [0.15, 0.2) is 0 Å². The van der Waals surface area contributed by atoms with E-state index in [4.69, 9.17) is 5.11 Å². The summed E-state index contributed by atoms with van der Waals surface area (Å²) in [6.07, 6.45) is 3.12. The smallest absolute Gasteiger partial charge is 0.327 e. The fourth-order valence-corrected chi connectivity index (χ4v) is 1.84. The van der Waals surface area contributed by atoms with E-state index >= 15 is 0 Å². The van der Waals surface area contributed by atoms with Crippen LogP contribution in [0.1, 0.15) is 18.5 Å². The van der Waals surface area contributed by atoms with Crippen molar-refractivity contribution in [2.75, 3.05) is 0 Å². The molecule has 1 saturated heterocycles. The molecule has 7 heteroatoms. The molecule has 17 heavy (non-hydrogen) atoms. The molecule has 0 aromatic carbocycles. The van der Waals surface area contributed by atoms with E-state index in [1.54, 1.807) is 0 Å². The fraction of sp³-hybridized carbons (Fsp3) is 0.400. The van der Waals surface area contributed by atoms with Crippen LogP contribution < -0.4 is 0 Å². The van der Waals surface area contributed by atoms with E-state index in [1.807, 2.05) is 0 Å². The van der Waals surface area contributed by atoms with E-state index in [1.165, 1.54) is 12.5 Å². The molecule has 2 N–H and O–H groups in total. The van der Waals surface area contributed by atoms with Crippen molar-refractivity contribution in [1.29, 1.82) is 0 Å². The fourth-order valence-electron chi connectivity index (χ4n) is 1.84. The van der Waals surface area contributed by atoms with E-state index in [0.29, 0.717) is 5.69 Å². The first kappa shape index (κ1) is 11.3. The van der Waals surface area contributed by atoms with Gasteiger partial charge in [-0.25, -0.2) is 9.78 Å². The highest BCUT2D eigenvalue weighted by Gasteiger charge is 2.38. The lowest BCUT2D eigenvalue weighted by atomic mass is 10.1. The summed E-state index contributed by atoms with van der Waals surface area (Å²) in [5, 5.41) is 9.09. The number of aromatic amines is 1. The number of likely N-dealkylation sites (tertiary alicyclic amines) is 1. The first-order valence-electron chi connectivity index (χ1n) is 5.14. The van der Waals surface area contributed by atoms with Crippen LogP contribution in [0.2, 0.25) is 0 Å². The topological polar surface area (TPSA) is 103 Å². The molecule has 1 aliphatic rings. The second kappa shape index (κ2) is 4.36. The number of aliphatic carboxylic acids is 1. The summed E-state index contributed by atoms with van der Waals surface area (Å²) >= 11 is 0. The lowest BCUT2D eigenvalue weighted by molar-refractivity contribution is -0.154. The summed E-state index contributed by atoms with van der Waals surface area (Å²) in [6.45, 7) is 0. The Morgan fingerprint density at radius 1 is 1.47 bits per heavy atom. The molecule has 0 unspecified atom stereocenters. The van der Waals surface area contributed by atoms with E-state index in [2.05, 4.69) is 9.97 Å². The number of carboxylic acid groups (broad SMARTS) is 1. The van der Waals surface area contributed by atoms with Crippen LogP contribution in [0.15, 0.2) is 12.5 Å². The number of hydrogen-bond donors (Lipinski definition) is 2. The van der Waals surface area contributed by atoms with Crippen LogP contribution in [-0.2, 0) is 20.8 Å². The van der Waals surface area contributed by atoms with Crippen LogP contribution in [0.4, 0.5) is 0 Å². The minimum atomic E-state index is -1.19. The lowest BCUT2D eigenvalue weighted by Gasteiger charge is -2.21. The molecule has 1 fully saturated rings. The molecule has 90 valence electrons. The zero-order valence-electron chi connectivity index (χ0n) is 8.92. The molecule has 2 amide bonds. The van der Waals surface area contributed by atoms with Gasteiger partial charge < -0.3 is 10.1 Å². The molecule has 0 aliphatic carbocycles. The standard InChI is InChI=1S/C10H11N3O4/c14-8-1-2-9(15)13(8)7(10(16)17)3-6-4-11-5-12-6/h4-5,7H,1-3H2,(H,11,12)(H,16,17)/t7-/m0/s1. The molecular formula is C10H11N3O4. The first-order chi connectivity index (χ1) is 8.09. The monoisotopic (exact) mass is 237 g/mol. The normalized spacial score (nSPS) is 17.5. The maximum atomic E-state index is 11.5. The summed E-state index contributed by atoms with van der Waals surface area (Å²) in [7, 11) is 0. The minimum absolute atomic E-state index is 0.0484. The summed E-state index contributed by atoms with van der Waals surface area (Å²) in [4.78, 5) is 41.4. The van der Waals surface area contributed by atoms with Crippen molar-refractivity contribution in [3.8, 4) is 0 Å². The molecule has 7 nitrogen and oxygen atoms in total. The molecule has 0 radical (unpaired) electrons. The third kappa shape index (κ3) is 2.17. The number of rotatable bonds is 4. The van der Waals surface area contributed by atoms with Crippen molar-refractivity contribution in [1.82, 2.24) is 14.9 Å². The largest absolute Gasteiger partial charge is 0.480 e. The Hall–Kier alpha value is -2.18. The molecule has 0 saturated carbocycles. The van der Waals surface area contributed by atoms with Crippen LogP contribution in [0, 0.1) is 0 Å². The van der Waals surface area contributed by atoms with E-state index in [9.17, 15) is 14.4 Å². The van der Waals surface area contributed by atoms with Crippen molar-refractivity contribution < 1.29 is 19.5 Å². The van der Waals surface area contributed by atoms with Gasteiger partial charge in [0.1, 0.15) is 6.04 Å². The Bertz CT molecular complexity index is 438. The van der Waals surface area contributed by atoms with Crippen molar-refractivity contribution in [3.05, 3.63) is 18.2 Å². The summed E-state index contributed by atoms with van der Waals surface area (Å²) in [5.41, 5.74) is 0.574. The van der Waals surface area contributed by atoms with E-state index in [-0.39, 0.29) is 19.3 Å². The number of imidazole rings is 1. The number of aromatic nitrogens is 2. The number of nitrogens with zero attached hydrogens (tertiary/aromatic N) is 2. The number of amides is 2. The Morgan fingerprint density at radius 2 is 2.12 bits per heavy atom. The maximum Gasteiger partial charge on any atom is 0.327 e. The second-order valence-corrected chi connectivity index (χ2v) is 3.79. The Balaban J connectivity index is 2.20. The minimum Gasteiger partial charge on any atom is -0.480 e. The molecule has 1 aliphatic heterocycles. The number of carbonyl (C=O) groups is 3. The van der Waals surface area contributed by atoms with Gasteiger partial charge >= 0.3 is 5.97 Å². The number of carboxylic acids is 1. The van der Waals surface area contributed by atoms with Gasteiger partial charge in [-0.05, 0) is 0 Å². The van der Waals surface area contributed by atoms with Crippen molar-refractivity contribution in [2.45, 2.75) is 25.3 Å². The first-order valence-corrected chi connectivity index (χ1v) is 5.14. The van der Waals surface area contributed by atoms with Crippen molar-refractivity contribution >= 4 is 17.8 Å². The Labute approximate surface area is 96.4 Å². The van der Waals surface area contributed by atoms with E-state index < -0.39 is 23.8 Å². The molecule has 2 rings (SSSR count). The quantitative estimate of drug-likeness (QED) is 0.690. The van der Waals surface area contributed by atoms with Crippen LogP contribution in [-0.4, -0.2) is 43.8 Å². The zero-order valence-corrected chi connectivity index (χ0v) is 8.92. The van der Waals surface area contributed by atoms with Gasteiger partial charge in [0.05, 0.1) is 6.33 Å². The molecular weight excluding hydrogens is 226 g/mol. The van der Waals surface area contributed by atoms with Gasteiger partial charge in [-0.1, -0.05) is 0 Å². The molecule has 0 bridgehead atoms. The Morgan fingerprint density at radius 3 is 2.59 bits per heavy atom. The summed E-state index contributed by atoms with van der Waals surface area (Å²) in [5.74, 6) is -2.05. The number of hydrogen-bond acceptors (Lipinski definition) is 4. The number of nitrogens with one attached hydrogen (secondary N) is 1. The van der Waals surface area contributed by atoms with Gasteiger partial charge in [0.25, 0.3) is 0 Å². The lowest BCUT2D eigenvalue weighted by Crippen LogP contribution is -2.45. The van der Waals surface area contributed by atoms with Gasteiger partial charge in [-0.3, -0.25) is 14.5 Å². The summed E-state index contributed by atoms with van der Waals surface area (Å²) < 4.78 is 0. The predicted molar refractivity (Wildman–Crippen MR) is 54.8 cm³/mol. The highest BCUT2D eigenvalue weighted by atomic mass is 16.4. The third-order valence-corrected chi connectivity index (χ3v) is 2.65. The molecule has 1 aromatic rings. The number of H-pyrrole nitrogens is 1. The van der Waals surface area contributed by atoms with Crippen LogP contribution >= 0.6 is 0 Å². The van der Waals surface area contributed by atoms with Crippen molar-refractivity contribution in [3.63, 3.8) is 0 Å². The van der Waals surface area contributed by atoms with Gasteiger partial charge in [0, 0.05) is 31.2 Å². The summed E-state index contributed by atoms with van der Waals surface area (Å²) in [6, 6.07) is -1.15. The maximum absolute atomic E-state index is 11.5. The SMILES string of the molecule is O=C(O)[C@H](Cc1cnc[nH]1)N1C(=O)CCC1=O. The van der Waals surface area contributed by atoms with E-state index in [0.717, 1.165) is 4.90 Å². The zero-order chi connectivity index (χ0) is 12.4. The number of carbonyl (C=O) groups excluding carboxylic acids is 2. The third-order valence-electron chi connectivity index (χ3n) is 2.65. The predicted octanol–water partition coefficient (Wildman–Crippen LogP) is -0.446. The van der Waals surface area contributed by atoms with Crippen LogP contribution in [0.3, 0.4) is 0 Å². The van der Waals surface area contributed by atoms with Crippen LogP contribution in [0.5, 0.6) is 0 Å². The molecule has 1 aromatic heterocycles. The van der Waals surface area contributed by atoms with Gasteiger partial charge in [-0.15, -0.1) is 0 Å². The molecule has 0 spiro atoms. The Kier molecular flexibility index (Phi) is 2.90.